The Kier molecular flexibility index (Phi) is 6.72. The summed E-state index contributed by atoms with van der Waals surface area (Å²) in [4.78, 5) is 22.5. The van der Waals surface area contributed by atoms with Gasteiger partial charge in [-0.2, -0.15) is 0 Å². The highest BCUT2D eigenvalue weighted by Crippen LogP contribution is 2.22. The molecule has 0 radical (unpaired) electrons. The van der Waals surface area contributed by atoms with Gasteiger partial charge in [0.15, 0.2) is 0 Å². The number of nitrogens with zero attached hydrogens (tertiary/aromatic N) is 3. The van der Waals surface area contributed by atoms with Crippen LogP contribution in [0, 0.1) is 5.82 Å². The summed E-state index contributed by atoms with van der Waals surface area (Å²) in [6.45, 7) is 4.83. The number of benzene rings is 2. The van der Waals surface area contributed by atoms with E-state index in [1.165, 1.54) is 13.2 Å². The first-order valence-electron chi connectivity index (χ1n) is 10.4. The smallest absolute Gasteiger partial charge is 0.337 e. The summed E-state index contributed by atoms with van der Waals surface area (Å²) in [5.41, 5.74) is 3.18. The monoisotopic (exact) mass is 436 g/mol. The van der Waals surface area contributed by atoms with Crippen molar-refractivity contribution < 1.29 is 18.7 Å². The predicted octanol–water partition coefficient (Wildman–Crippen LogP) is 4.03. The normalized spacial score (nSPS) is 16.5. The van der Waals surface area contributed by atoms with Crippen LogP contribution in [-0.4, -0.2) is 53.7 Å². The Balaban J connectivity index is 1.45. The largest absolute Gasteiger partial charge is 0.465 e. The van der Waals surface area contributed by atoms with Gasteiger partial charge < -0.3 is 14.8 Å². The highest BCUT2D eigenvalue weighted by atomic mass is 19.1. The highest BCUT2D eigenvalue weighted by Gasteiger charge is 2.18. The molecule has 0 aliphatic carbocycles. The molecule has 8 heteroatoms. The number of morpholine rings is 1. The summed E-state index contributed by atoms with van der Waals surface area (Å²) in [5.74, 6) is -0.312. The van der Waals surface area contributed by atoms with E-state index in [0.29, 0.717) is 41.6 Å². The molecule has 3 aromatic rings. The minimum Gasteiger partial charge on any atom is -0.465 e. The minimum atomic E-state index is -0.393. The number of ether oxygens (including phenoxy) is 2. The van der Waals surface area contributed by atoms with Crippen LogP contribution < -0.4 is 5.32 Å². The second kappa shape index (κ2) is 9.84. The summed E-state index contributed by atoms with van der Waals surface area (Å²) in [5, 5.41) is 3.06. The van der Waals surface area contributed by atoms with E-state index >= 15 is 0 Å². The zero-order valence-corrected chi connectivity index (χ0v) is 18.0. The fraction of sp³-hybridized carbons (Fsp3) is 0.292. The molecule has 1 aliphatic heterocycles. The Morgan fingerprint density at radius 1 is 1.25 bits per heavy atom. The second-order valence-electron chi connectivity index (χ2n) is 7.68. The van der Waals surface area contributed by atoms with Crippen LogP contribution in [0.1, 0.15) is 22.8 Å². The summed E-state index contributed by atoms with van der Waals surface area (Å²) in [6, 6.07) is 13.8. The van der Waals surface area contributed by atoms with Crippen LogP contribution in [0.5, 0.6) is 0 Å². The summed E-state index contributed by atoms with van der Waals surface area (Å²) in [7, 11) is 1.34. The molecule has 0 spiro atoms. The molecule has 1 aliphatic rings. The number of anilines is 2. The average molecular weight is 436 g/mol. The molecule has 2 heterocycles. The van der Waals surface area contributed by atoms with Crippen molar-refractivity contribution in [3.05, 3.63) is 71.7 Å². The van der Waals surface area contributed by atoms with E-state index in [4.69, 9.17) is 9.47 Å². The first-order valence-corrected chi connectivity index (χ1v) is 10.4. The molecule has 166 valence electrons. The van der Waals surface area contributed by atoms with E-state index in [-0.39, 0.29) is 11.9 Å². The van der Waals surface area contributed by atoms with Crippen molar-refractivity contribution in [2.24, 2.45) is 0 Å². The van der Waals surface area contributed by atoms with Crippen LogP contribution in [0.4, 0.5) is 16.0 Å². The Morgan fingerprint density at radius 2 is 2.06 bits per heavy atom. The van der Waals surface area contributed by atoms with Gasteiger partial charge in [-0.3, -0.25) is 4.90 Å². The van der Waals surface area contributed by atoms with Crippen molar-refractivity contribution in [2.75, 3.05) is 32.1 Å². The van der Waals surface area contributed by atoms with Crippen LogP contribution in [0.15, 0.2) is 54.7 Å². The molecule has 1 saturated heterocycles. The van der Waals surface area contributed by atoms with E-state index in [2.05, 4.69) is 20.2 Å². The Morgan fingerprint density at radius 3 is 2.78 bits per heavy atom. The Labute approximate surface area is 186 Å². The number of rotatable bonds is 6. The Bertz CT molecular complexity index is 1090. The summed E-state index contributed by atoms with van der Waals surface area (Å²) >= 11 is 0. The minimum absolute atomic E-state index is 0.161. The van der Waals surface area contributed by atoms with Crippen LogP contribution in [0.2, 0.25) is 0 Å². The van der Waals surface area contributed by atoms with Gasteiger partial charge in [0.1, 0.15) is 5.82 Å². The quantitative estimate of drug-likeness (QED) is 0.585. The number of hydrogen-bond donors (Lipinski definition) is 1. The van der Waals surface area contributed by atoms with Crippen LogP contribution in [-0.2, 0) is 16.0 Å². The van der Waals surface area contributed by atoms with E-state index in [1.807, 2.05) is 13.0 Å². The lowest BCUT2D eigenvalue weighted by Crippen LogP contribution is -2.40. The molecular formula is C24H25FN4O3. The molecule has 1 fully saturated rings. The van der Waals surface area contributed by atoms with Gasteiger partial charge >= 0.3 is 5.97 Å². The maximum absolute atomic E-state index is 14.7. The molecule has 1 atom stereocenters. The summed E-state index contributed by atoms with van der Waals surface area (Å²) in [6.07, 6.45) is 1.79. The third-order valence-electron chi connectivity index (χ3n) is 5.29. The number of esters is 1. The van der Waals surface area contributed by atoms with Crippen molar-refractivity contribution in [3.8, 4) is 11.3 Å². The first kappa shape index (κ1) is 21.9. The molecule has 4 rings (SSSR count). The molecule has 32 heavy (non-hydrogen) atoms. The van der Waals surface area contributed by atoms with Crippen LogP contribution in [0.25, 0.3) is 11.3 Å². The number of carbonyl (C=O) groups excluding carboxylic acids is 1. The average Bonchev–Trinajstić information content (AvgIpc) is 2.81. The number of nitrogens with one attached hydrogen (secondary N) is 1. The van der Waals surface area contributed by atoms with Crippen molar-refractivity contribution in [3.63, 3.8) is 0 Å². The first-order chi connectivity index (χ1) is 15.5. The zero-order chi connectivity index (χ0) is 22.5. The molecule has 0 bridgehead atoms. The number of hydrogen-bond acceptors (Lipinski definition) is 7. The standard InChI is InChI=1S/C24H25FN4O3/c1-16-14-29(11-12-32-16)15-19-7-8-20(13-21(19)25)27-24-26-10-9-22(28-24)17-3-5-18(6-4-17)23(30)31-2/h3-10,13,16H,11-12,14-15H2,1-2H3,(H,26,27,28)/t16-/m0/s1. The zero-order valence-electron chi connectivity index (χ0n) is 18.0. The van der Waals surface area contributed by atoms with Crippen LogP contribution in [0.3, 0.4) is 0 Å². The van der Waals surface area contributed by atoms with Crippen LogP contribution >= 0.6 is 0 Å². The maximum Gasteiger partial charge on any atom is 0.337 e. The van der Waals surface area contributed by atoms with E-state index in [0.717, 1.165) is 18.7 Å². The number of carbonyl (C=O) groups is 1. The Hall–Kier alpha value is -3.36. The van der Waals surface area contributed by atoms with Gasteiger partial charge in [-0.15, -0.1) is 0 Å². The summed E-state index contributed by atoms with van der Waals surface area (Å²) < 4.78 is 25.0. The SMILES string of the molecule is COC(=O)c1ccc(-c2ccnc(Nc3ccc(CN4CCO[C@@H](C)C4)c(F)c3)n2)cc1. The van der Waals surface area contributed by atoms with Gasteiger partial charge in [0.25, 0.3) is 0 Å². The predicted molar refractivity (Wildman–Crippen MR) is 119 cm³/mol. The molecule has 7 nitrogen and oxygen atoms in total. The number of methoxy groups -OCH3 is 1. The number of aromatic nitrogens is 2. The van der Waals surface area contributed by atoms with E-state index in [9.17, 15) is 9.18 Å². The van der Waals surface area contributed by atoms with E-state index < -0.39 is 5.97 Å². The van der Waals surface area contributed by atoms with Gasteiger partial charge in [-0.25, -0.2) is 19.2 Å². The van der Waals surface area contributed by atoms with E-state index in [1.54, 1.807) is 42.6 Å². The molecule has 1 N–H and O–H groups in total. The molecule has 2 aromatic carbocycles. The topological polar surface area (TPSA) is 76.6 Å². The van der Waals surface area contributed by atoms with Crippen molar-refractivity contribution >= 4 is 17.6 Å². The van der Waals surface area contributed by atoms with Gasteiger partial charge in [-0.05, 0) is 37.3 Å². The van der Waals surface area contributed by atoms with Gasteiger partial charge in [0, 0.05) is 42.6 Å². The molecule has 0 saturated carbocycles. The van der Waals surface area contributed by atoms with Crippen molar-refractivity contribution in [1.82, 2.24) is 14.9 Å². The lowest BCUT2D eigenvalue weighted by Gasteiger charge is -2.31. The molecular weight excluding hydrogens is 411 g/mol. The van der Waals surface area contributed by atoms with Crippen molar-refractivity contribution in [1.29, 1.82) is 0 Å². The molecule has 1 aromatic heterocycles. The number of halogens is 1. The lowest BCUT2D eigenvalue weighted by atomic mass is 10.1. The maximum atomic E-state index is 14.7. The highest BCUT2D eigenvalue weighted by molar-refractivity contribution is 5.89. The third kappa shape index (κ3) is 5.27. The third-order valence-corrected chi connectivity index (χ3v) is 5.29. The van der Waals surface area contributed by atoms with Crippen molar-refractivity contribution in [2.45, 2.75) is 19.6 Å². The molecule has 0 amide bonds. The van der Waals surface area contributed by atoms with Gasteiger partial charge in [0.2, 0.25) is 5.95 Å². The van der Waals surface area contributed by atoms with Gasteiger partial charge in [-0.1, -0.05) is 18.2 Å². The lowest BCUT2D eigenvalue weighted by molar-refractivity contribution is -0.0215. The fourth-order valence-corrected chi connectivity index (χ4v) is 3.63. The second-order valence-corrected chi connectivity index (χ2v) is 7.68. The fourth-order valence-electron chi connectivity index (χ4n) is 3.63. The van der Waals surface area contributed by atoms with Gasteiger partial charge in [0.05, 0.1) is 31.1 Å². The molecule has 0 unspecified atom stereocenters.